The molecule has 0 aliphatic carbocycles. The lowest BCUT2D eigenvalue weighted by Crippen LogP contribution is -2.42. The normalized spacial score (nSPS) is 11.3. The van der Waals surface area contributed by atoms with E-state index >= 15 is 0 Å². The van der Waals surface area contributed by atoms with Crippen molar-refractivity contribution < 1.29 is 22.8 Å². The zero-order valence-corrected chi connectivity index (χ0v) is 18.4. The van der Waals surface area contributed by atoms with Gasteiger partial charge in [-0.15, -0.1) is 0 Å². The predicted molar refractivity (Wildman–Crippen MR) is 105 cm³/mol. The van der Waals surface area contributed by atoms with Crippen molar-refractivity contribution in [1.29, 1.82) is 0 Å². The van der Waals surface area contributed by atoms with Crippen LogP contribution in [-0.2, 0) is 22.8 Å². The Balaban J connectivity index is 0. The molecule has 25 heavy (non-hydrogen) atoms. The molecule has 1 N–H and O–H groups in total. The standard InChI is InChI=1S/C10H20O5Si.C8H19N/c1-9(2)10(11)15-7-6-8-16(12-3,13-4)14-5;1-7(2)5-9-6-8(3)4/h1,6-8H2,2-5H3;7-9H,5-6H2,1-4H3. The first-order valence-corrected chi connectivity index (χ1v) is 10.8. The number of carbonyl (C=O) groups is 1. The second-order valence-electron chi connectivity index (χ2n) is 6.76. The van der Waals surface area contributed by atoms with E-state index in [0.29, 0.717) is 24.6 Å². The smallest absolute Gasteiger partial charge is 0.462 e. The number of carbonyl (C=O) groups excluding carboxylic acids is 1. The first kappa shape index (κ1) is 26.5. The highest BCUT2D eigenvalue weighted by Gasteiger charge is 2.36. The van der Waals surface area contributed by atoms with Gasteiger partial charge in [0.15, 0.2) is 0 Å². The summed E-state index contributed by atoms with van der Waals surface area (Å²) < 4.78 is 20.6. The van der Waals surface area contributed by atoms with Crippen molar-refractivity contribution in [3.05, 3.63) is 12.2 Å². The van der Waals surface area contributed by atoms with Crippen molar-refractivity contribution in [1.82, 2.24) is 5.32 Å². The summed E-state index contributed by atoms with van der Waals surface area (Å²) >= 11 is 0. The Bertz CT molecular complexity index is 341. The van der Waals surface area contributed by atoms with Crippen molar-refractivity contribution in [2.45, 2.75) is 47.1 Å². The topological polar surface area (TPSA) is 66.0 Å². The molecular formula is C18H39NO5Si. The van der Waals surface area contributed by atoms with Crippen LogP contribution >= 0.6 is 0 Å². The minimum absolute atomic E-state index is 0.316. The molecule has 0 fully saturated rings. The van der Waals surface area contributed by atoms with Crippen LogP contribution in [0.5, 0.6) is 0 Å². The van der Waals surface area contributed by atoms with Gasteiger partial charge in [-0.2, -0.15) is 0 Å². The zero-order valence-electron chi connectivity index (χ0n) is 17.4. The fourth-order valence-corrected chi connectivity index (χ4v) is 3.48. The Morgan fingerprint density at radius 2 is 1.44 bits per heavy atom. The third kappa shape index (κ3) is 15.3. The highest BCUT2D eigenvalue weighted by atomic mass is 28.4. The third-order valence-corrected chi connectivity index (χ3v) is 6.08. The van der Waals surface area contributed by atoms with Crippen molar-refractivity contribution in [3.8, 4) is 0 Å². The highest BCUT2D eigenvalue weighted by Crippen LogP contribution is 2.14. The molecule has 0 aromatic heterocycles. The summed E-state index contributed by atoms with van der Waals surface area (Å²) in [6, 6.07) is 0.611. The molecule has 150 valence electrons. The van der Waals surface area contributed by atoms with Gasteiger partial charge in [0.25, 0.3) is 0 Å². The van der Waals surface area contributed by atoms with Gasteiger partial charge in [0, 0.05) is 32.9 Å². The molecule has 0 rings (SSSR count). The van der Waals surface area contributed by atoms with Gasteiger partial charge < -0.3 is 23.3 Å². The molecule has 0 saturated carbocycles. The Labute approximate surface area is 155 Å². The quantitative estimate of drug-likeness (QED) is 0.244. The summed E-state index contributed by atoms with van der Waals surface area (Å²) in [5, 5.41) is 3.38. The average Bonchev–Trinajstić information content (AvgIpc) is 2.55. The van der Waals surface area contributed by atoms with E-state index in [-0.39, 0.29) is 5.97 Å². The van der Waals surface area contributed by atoms with Crippen LogP contribution in [0.2, 0.25) is 6.04 Å². The largest absolute Gasteiger partial charge is 0.500 e. The zero-order chi connectivity index (χ0) is 19.9. The fourth-order valence-electron chi connectivity index (χ4n) is 1.79. The van der Waals surface area contributed by atoms with Crippen molar-refractivity contribution in [2.24, 2.45) is 11.8 Å². The van der Waals surface area contributed by atoms with Crippen molar-refractivity contribution in [3.63, 3.8) is 0 Å². The third-order valence-electron chi connectivity index (χ3n) is 3.25. The second-order valence-corrected chi connectivity index (χ2v) is 9.85. The second kappa shape index (κ2) is 15.5. The van der Waals surface area contributed by atoms with Crippen LogP contribution in [0.25, 0.3) is 0 Å². The van der Waals surface area contributed by atoms with Gasteiger partial charge in [0.1, 0.15) is 0 Å². The summed E-state index contributed by atoms with van der Waals surface area (Å²) in [5.74, 6) is 1.19. The van der Waals surface area contributed by atoms with Gasteiger partial charge >= 0.3 is 14.8 Å². The first-order valence-electron chi connectivity index (χ1n) is 8.82. The fraction of sp³-hybridized carbons (Fsp3) is 0.833. The van der Waals surface area contributed by atoms with E-state index in [1.807, 2.05) is 0 Å². The van der Waals surface area contributed by atoms with E-state index in [9.17, 15) is 4.79 Å². The van der Waals surface area contributed by atoms with Crippen molar-refractivity contribution in [2.75, 3.05) is 41.0 Å². The van der Waals surface area contributed by atoms with E-state index in [4.69, 9.17) is 18.0 Å². The summed E-state index contributed by atoms with van der Waals surface area (Å²) in [6.07, 6.45) is 0.640. The maximum absolute atomic E-state index is 11.1. The van der Waals surface area contributed by atoms with Gasteiger partial charge in [-0.25, -0.2) is 4.79 Å². The summed E-state index contributed by atoms with van der Waals surface area (Å²) in [5.41, 5.74) is 0.397. The summed E-state index contributed by atoms with van der Waals surface area (Å²) in [4.78, 5) is 11.1. The molecule has 7 heteroatoms. The number of hydrogen-bond donors (Lipinski definition) is 1. The first-order chi connectivity index (χ1) is 11.6. The van der Waals surface area contributed by atoms with E-state index in [2.05, 4.69) is 39.6 Å². The van der Waals surface area contributed by atoms with E-state index in [1.54, 1.807) is 28.3 Å². The van der Waals surface area contributed by atoms with Gasteiger partial charge in [-0.3, -0.25) is 0 Å². The summed E-state index contributed by atoms with van der Waals surface area (Å²) in [6.45, 7) is 16.6. The molecule has 0 spiro atoms. The summed E-state index contributed by atoms with van der Waals surface area (Å²) in [7, 11) is 2.13. The SMILES string of the molecule is C=C(C)C(=O)OCCC[Si](OC)(OC)OC.CC(C)CNCC(C)C. The van der Waals surface area contributed by atoms with Crippen LogP contribution in [0, 0.1) is 11.8 Å². The number of ether oxygens (including phenoxy) is 1. The van der Waals surface area contributed by atoms with E-state index in [1.165, 1.54) is 0 Å². The van der Waals surface area contributed by atoms with Crippen LogP contribution in [0.1, 0.15) is 41.0 Å². The molecule has 0 aliphatic rings. The molecule has 6 nitrogen and oxygen atoms in total. The number of esters is 1. The molecule has 0 radical (unpaired) electrons. The predicted octanol–water partition coefficient (Wildman–Crippen LogP) is 3.26. The minimum Gasteiger partial charge on any atom is -0.462 e. The lowest BCUT2D eigenvalue weighted by atomic mass is 10.2. The molecule has 0 saturated heterocycles. The lowest BCUT2D eigenvalue weighted by molar-refractivity contribution is -0.139. The van der Waals surface area contributed by atoms with Gasteiger partial charge in [-0.05, 0) is 38.3 Å². The van der Waals surface area contributed by atoms with Crippen LogP contribution in [0.15, 0.2) is 12.2 Å². The Morgan fingerprint density at radius 3 is 1.76 bits per heavy atom. The van der Waals surface area contributed by atoms with Crippen LogP contribution in [0.3, 0.4) is 0 Å². The molecule has 0 aliphatic heterocycles. The van der Waals surface area contributed by atoms with Crippen LogP contribution < -0.4 is 5.32 Å². The highest BCUT2D eigenvalue weighted by molar-refractivity contribution is 6.60. The van der Waals surface area contributed by atoms with Gasteiger partial charge in [0.2, 0.25) is 0 Å². The monoisotopic (exact) mass is 377 g/mol. The van der Waals surface area contributed by atoms with Gasteiger partial charge in [-0.1, -0.05) is 34.3 Å². The van der Waals surface area contributed by atoms with Gasteiger partial charge in [0.05, 0.1) is 6.61 Å². The van der Waals surface area contributed by atoms with E-state index in [0.717, 1.165) is 24.9 Å². The maximum atomic E-state index is 11.1. The molecule has 0 amide bonds. The number of hydrogen-bond acceptors (Lipinski definition) is 6. The number of rotatable bonds is 12. The Hall–Kier alpha value is -0.733. The van der Waals surface area contributed by atoms with Crippen LogP contribution in [0.4, 0.5) is 0 Å². The molecule has 0 heterocycles. The minimum atomic E-state index is -2.53. The van der Waals surface area contributed by atoms with Crippen molar-refractivity contribution >= 4 is 14.8 Å². The molecular weight excluding hydrogens is 338 g/mol. The molecule has 0 unspecified atom stereocenters. The Kier molecular flexibility index (Phi) is 16.4. The van der Waals surface area contributed by atoms with Crippen LogP contribution in [-0.4, -0.2) is 55.8 Å². The maximum Gasteiger partial charge on any atom is 0.500 e. The molecule has 0 aromatic rings. The lowest BCUT2D eigenvalue weighted by Gasteiger charge is -2.24. The molecule has 0 bridgehead atoms. The number of nitrogens with one attached hydrogen (secondary N) is 1. The van der Waals surface area contributed by atoms with E-state index < -0.39 is 8.80 Å². The Morgan fingerprint density at radius 1 is 1.00 bits per heavy atom. The molecule has 0 atom stereocenters. The molecule has 0 aromatic carbocycles. The average molecular weight is 378 g/mol.